The fraction of sp³-hybridized carbons (Fsp3) is 1.00. The molecule has 0 bridgehead atoms. The summed E-state index contributed by atoms with van der Waals surface area (Å²) in [6.45, 7) is 8.23. The Morgan fingerprint density at radius 3 is 1.84 bits per heavy atom. The molecule has 0 rings (SSSR count). The van der Waals surface area contributed by atoms with Crippen molar-refractivity contribution < 1.29 is 9.84 Å². The third-order valence-electron chi connectivity index (χ3n) is 3.81. The van der Waals surface area contributed by atoms with Crippen molar-refractivity contribution in [1.82, 2.24) is 0 Å². The van der Waals surface area contributed by atoms with Crippen molar-refractivity contribution in [3.05, 3.63) is 0 Å². The highest BCUT2D eigenvalue weighted by Crippen LogP contribution is 2.32. The minimum atomic E-state index is -0.785. The van der Waals surface area contributed by atoms with Crippen LogP contribution in [0.3, 0.4) is 0 Å². The largest absolute Gasteiger partial charge is 0.368 e. The van der Waals surface area contributed by atoms with E-state index in [1.54, 1.807) is 6.92 Å². The molecule has 0 saturated carbocycles. The molecule has 3 N–H and O–H groups in total. The topological polar surface area (TPSA) is 55.5 Å². The van der Waals surface area contributed by atoms with Crippen molar-refractivity contribution >= 4 is 0 Å². The van der Waals surface area contributed by atoms with Gasteiger partial charge in [-0.3, -0.25) is 0 Å². The van der Waals surface area contributed by atoms with Gasteiger partial charge < -0.3 is 15.6 Å². The third-order valence-corrected chi connectivity index (χ3v) is 3.81. The Hall–Kier alpha value is -0.120. The zero-order valence-corrected chi connectivity index (χ0v) is 13.5. The second kappa shape index (κ2) is 10.6. The van der Waals surface area contributed by atoms with Gasteiger partial charge in [0.2, 0.25) is 0 Å². The molecule has 0 aliphatic rings. The van der Waals surface area contributed by atoms with Crippen LogP contribution in [0.15, 0.2) is 0 Å². The summed E-state index contributed by atoms with van der Waals surface area (Å²) in [4.78, 5) is 0. The number of aliphatic hydroxyl groups excluding tert-OH is 1. The van der Waals surface area contributed by atoms with Gasteiger partial charge in [0.15, 0.2) is 6.29 Å². The average molecular weight is 273 g/mol. The highest BCUT2D eigenvalue weighted by Gasteiger charge is 2.35. The van der Waals surface area contributed by atoms with E-state index in [9.17, 15) is 5.11 Å². The maximum absolute atomic E-state index is 9.58. The minimum absolute atomic E-state index is 0.355. The summed E-state index contributed by atoms with van der Waals surface area (Å²) in [5, 5.41) is 9.58. The van der Waals surface area contributed by atoms with Gasteiger partial charge in [-0.2, -0.15) is 0 Å². The van der Waals surface area contributed by atoms with Crippen LogP contribution < -0.4 is 5.73 Å². The van der Waals surface area contributed by atoms with E-state index in [1.807, 2.05) is 0 Å². The molecule has 2 atom stereocenters. The van der Waals surface area contributed by atoms with Crippen molar-refractivity contribution in [3.63, 3.8) is 0 Å². The first kappa shape index (κ1) is 18.9. The van der Waals surface area contributed by atoms with Gasteiger partial charge in [-0.15, -0.1) is 0 Å². The molecule has 0 saturated heterocycles. The van der Waals surface area contributed by atoms with Crippen molar-refractivity contribution in [2.45, 2.75) is 97.5 Å². The maximum atomic E-state index is 9.58. The summed E-state index contributed by atoms with van der Waals surface area (Å²) >= 11 is 0. The van der Waals surface area contributed by atoms with Crippen LogP contribution in [-0.4, -0.2) is 17.1 Å². The fourth-order valence-electron chi connectivity index (χ4n) is 2.66. The zero-order valence-electron chi connectivity index (χ0n) is 13.5. The van der Waals surface area contributed by atoms with Crippen molar-refractivity contribution in [2.75, 3.05) is 0 Å². The predicted molar refractivity (Wildman–Crippen MR) is 81.7 cm³/mol. The number of aliphatic hydroxyl groups is 1. The molecule has 0 amide bonds. The van der Waals surface area contributed by atoms with Gasteiger partial charge in [-0.05, 0) is 32.6 Å². The lowest BCUT2D eigenvalue weighted by atomic mass is 9.83. The quantitative estimate of drug-likeness (QED) is 0.524. The Morgan fingerprint density at radius 2 is 1.47 bits per heavy atom. The molecular formula is C16H35NO2. The van der Waals surface area contributed by atoms with E-state index < -0.39 is 12.0 Å². The molecule has 0 aromatic carbocycles. The Balaban J connectivity index is 4.75. The van der Waals surface area contributed by atoms with Crippen LogP contribution in [0.1, 0.15) is 85.5 Å². The summed E-state index contributed by atoms with van der Waals surface area (Å²) in [5.41, 5.74) is 5.87. The molecule has 0 aromatic heterocycles. The predicted octanol–water partition coefficient (Wildman–Crippen LogP) is 4.18. The number of hydrogen-bond donors (Lipinski definition) is 2. The van der Waals surface area contributed by atoms with Crippen molar-refractivity contribution in [3.8, 4) is 0 Å². The molecule has 2 unspecified atom stereocenters. The highest BCUT2D eigenvalue weighted by molar-refractivity contribution is 4.83. The van der Waals surface area contributed by atoms with E-state index in [0.717, 1.165) is 32.1 Å². The number of rotatable bonds is 12. The van der Waals surface area contributed by atoms with E-state index in [1.165, 1.54) is 25.7 Å². The highest BCUT2D eigenvalue weighted by atomic mass is 16.6. The van der Waals surface area contributed by atoms with Gasteiger partial charge in [-0.1, -0.05) is 52.9 Å². The van der Waals surface area contributed by atoms with Gasteiger partial charge in [0.05, 0.1) is 0 Å². The van der Waals surface area contributed by atoms with E-state index >= 15 is 0 Å². The smallest absolute Gasteiger partial charge is 0.154 e. The Bertz CT molecular complexity index is 201. The minimum Gasteiger partial charge on any atom is -0.368 e. The molecule has 0 radical (unpaired) electrons. The first-order chi connectivity index (χ1) is 9.00. The molecule has 0 heterocycles. The molecule has 0 aromatic rings. The maximum Gasteiger partial charge on any atom is 0.154 e. The molecule has 0 fully saturated rings. The summed E-state index contributed by atoms with van der Waals surface area (Å²) < 4.78 is 5.73. The van der Waals surface area contributed by atoms with E-state index in [2.05, 4.69) is 20.8 Å². The first-order valence-corrected chi connectivity index (χ1v) is 8.14. The average Bonchev–Trinajstić information content (AvgIpc) is 2.35. The van der Waals surface area contributed by atoms with Crippen molar-refractivity contribution in [1.29, 1.82) is 0 Å². The number of ether oxygens (including phenoxy) is 1. The SMILES string of the molecule is CCCCC(CCCC)C(N)(CCCC)OC(C)O. The molecule has 116 valence electrons. The van der Waals surface area contributed by atoms with Crippen LogP contribution in [0, 0.1) is 5.92 Å². The normalized spacial score (nSPS) is 16.6. The van der Waals surface area contributed by atoms with Crippen LogP contribution in [0.4, 0.5) is 0 Å². The second-order valence-electron chi connectivity index (χ2n) is 5.76. The first-order valence-electron chi connectivity index (χ1n) is 8.14. The van der Waals surface area contributed by atoms with Crippen LogP contribution in [0.25, 0.3) is 0 Å². The third kappa shape index (κ3) is 7.91. The molecule has 0 aliphatic heterocycles. The van der Waals surface area contributed by atoms with Crippen LogP contribution in [-0.2, 0) is 4.74 Å². The standard InChI is InChI=1S/C16H35NO2/c1-5-8-11-15(12-9-6-2)16(17,13-10-7-3)19-14(4)18/h14-15,18H,5-13,17H2,1-4H3. The van der Waals surface area contributed by atoms with Gasteiger partial charge in [0.1, 0.15) is 5.72 Å². The van der Waals surface area contributed by atoms with E-state index in [0.29, 0.717) is 5.92 Å². The monoisotopic (exact) mass is 273 g/mol. The lowest BCUT2D eigenvalue weighted by molar-refractivity contribution is -0.201. The lowest BCUT2D eigenvalue weighted by Crippen LogP contribution is -2.51. The summed E-state index contributed by atoms with van der Waals surface area (Å²) in [6, 6.07) is 0. The van der Waals surface area contributed by atoms with Crippen LogP contribution in [0.2, 0.25) is 0 Å². The number of nitrogens with two attached hydrogens (primary N) is 1. The second-order valence-corrected chi connectivity index (χ2v) is 5.76. The molecule has 3 heteroatoms. The number of unbranched alkanes of at least 4 members (excludes halogenated alkanes) is 3. The number of hydrogen-bond acceptors (Lipinski definition) is 3. The molecule has 0 spiro atoms. The van der Waals surface area contributed by atoms with Gasteiger partial charge in [0, 0.05) is 5.92 Å². The van der Waals surface area contributed by atoms with Crippen LogP contribution >= 0.6 is 0 Å². The Kier molecular flexibility index (Phi) is 10.6. The lowest BCUT2D eigenvalue weighted by Gasteiger charge is -2.39. The fourth-order valence-corrected chi connectivity index (χ4v) is 2.66. The van der Waals surface area contributed by atoms with E-state index in [4.69, 9.17) is 10.5 Å². The Morgan fingerprint density at radius 1 is 1.00 bits per heavy atom. The molecular weight excluding hydrogens is 238 g/mol. The molecule has 0 aliphatic carbocycles. The summed E-state index contributed by atoms with van der Waals surface area (Å²) in [5.74, 6) is 0.355. The Labute approximate surface area is 119 Å². The zero-order chi connectivity index (χ0) is 14.7. The van der Waals surface area contributed by atoms with Crippen LogP contribution in [0.5, 0.6) is 0 Å². The summed E-state index contributed by atoms with van der Waals surface area (Å²) in [7, 11) is 0. The van der Waals surface area contributed by atoms with Gasteiger partial charge in [-0.25, -0.2) is 0 Å². The van der Waals surface area contributed by atoms with Gasteiger partial charge >= 0.3 is 0 Å². The summed E-state index contributed by atoms with van der Waals surface area (Å²) in [6.07, 6.45) is 9.15. The van der Waals surface area contributed by atoms with Crippen molar-refractivity contribution in [2.24, 2.45) is 11.7 Å². The molecule has 3 nitrogen and oxygen atoms in total. The van der Waals surface area contributed by atoms with Gasteiger partial charge in [0.25, 0.3) is 0 Å². The molecule has 19 heavy (non-hydrogen) atoms. The van der Waals surface area contributed by atoms with E-state index in [-0.39, 0.29) is 0 Å².